The molecular weight excluding hydrogens is 444 g/mol. The molecule has 0 bridgehead atoms. The minimum Gasteiger partial charge on any atom is -0.391 e. The van der Waals surface area contributed by atoms with Crippen molar-refractivity contribution in [2.75, 3.05) is 19.6 Å². The number of fused-ring (bicyclic) bond motifs is 1. The largest absolute Gasteiger partial charge is 0.391 e. The molecule has 1 unspecified atom stereocenters. The van der Waals surface area contributed by atoms with Gasteiger partial charge in [0.1, 0.15) is 12.1 Å². The van der Waals surface area contributed by atoms with Gasteiger partial charge in [0.15, 0.2) is 0 Å². The Morgan fingerprint density at radius 1 is 1.11 bits per heavy atom. The molecule has 0 spiro atoms. The molecule has 8 heteroatoms. The maximum Gasteiger partial charge on any atom is 0.243 e. The predicted molar refractivity (Wildman–Crippen MR) is 136 cm³/mol. The number of likely N-dealkylation sites (tertiary alicyclic amines) is 1. The zero-order valence-electron chi connectivity index (χ0n) is 20.7. The van der Waals surface area contributed by atoms with Crippen molar-refractivity contribution in [2.24, 2.45) is 11.7 Å². The second kappa shape index (κ2) is 12.7. The van der Waals surface area contributed by atoms with Gasteiger partial charge in [-0.05, 0) is 42.1 Å². The fourth-order valence-corrected chi connectivity index (χ4v) is 4.69. The number of aliphatic hydroxyl groups is 1. The Kier molecular flexibility index (Phi) is 9.63. The summed E-state index contributed by atoms with van der Waals surface area (Å²) in [5.41, 5.74) is 6.47. The molecule has 2 aromatic rings. The number of nitrogens with one attached hydrogen (secondary N) is 2. The Balaban J connectivity index is 1.79. The molecule has 0 aliphatic carbocycles. The normalized spacial score (nSPS) is 18.6. The molecule has 8 nitrogen and oxygen atoms in total. The minimum atomic E-state index is -0.815. The summed E-state index contributed by atoms with van der Waals surface area (Å²) in [6.07, 6.45) is 1.68. The standard InChI is InChI=1S/C27H38N4O4/c1-3-19(4-2)27(35)31-17-22(32)16-24(31)26(34)30-23(25(33)29-13-7-12-28)15-18-10-11-20-8-5-6-9-21(20)14-18/h5-6,8-11,14,19,22-24,32H,3-4,7,12-13,15-17,28H2,1-2H3,(H,29,33)(H,30,34)/t22-,23-,24?/m1/s1. The molecule has 1 fully saturated rings. The summed E-state index contributed by atoms with van der Waals surface area (Å²) >= 11 is 0. The Morgan fingerprint density at radius 2 is 1.83 bits per heavy atom. The Morgan fingerprint density at radius 3 is 2.51 bits per heavy atom. The third kappa shape index (κ3) is 6.80. The van der Waals surface area contributed by atoms with E-state index >= 15 is 0 Å². The number of carbonyl (C=O) groups excluding carboxylic acids is 3. The highest BCUT2D eigenvalue weighted by Gasteiger charge is 2.41. The number of aliphatic hydroxyl groups excluding tert-OH is 1. The van der Waals surface area contributed by atoms with E-state index in [4.69, 9.17) is 5.73 Å². The molecule has 0 radical (unpaired) electrons. The molecular formula is C27H38N4O4. The van der Waals surface area contributed by atoms with Gasteiger partial charge >= 0.3 is 0 Å². The molecule has 3 atom stereocenters. The molecule has 35 heavy (non-hydrogen) atoms. The molecule has 2 aromatic carbocycles. The number of carbonyl (C=O) groups is 3. The molecule has 3 amide bonds. The lowest BCUT2D eigenvalue weighted by molar-refractivity contribution is -0.142. The molecule has 0 saturated carbocycles. The van der Waals surface area contributed by atoms with Gasteiger partial charge in [-0.15, -0.1) is 0 Å². The second-order valence-electron chi connectivity index (χ2n) is 9.29. The number of hydrogen-bond donors (Lipinski definition) is 4. The van der Waals surface area contributed by atoms with Crippen molar-refractivity contribution in [1.82, 2.24) is 15.5 Å². The lowest BCUT2D eigenvalue weighted by Crippen LogP contribution is -2.54. The van der Waals surface area contributed by atoms with Crippen LogP contribution in [-0.2, 0) is 20.8 Å². The van der Waals surface area contributed by atoms with Crippen LogP contribution in [0.4, 0.5) is 0 Å². The van der Waals surface area contributed by atoms with Crippen LogP contribution >= 0.6 is 0 Å². The van der Waals surface area contributed by atoms with E-state index in [2.05, 4.69) is 10.6 Å². The molecule has 5 N–H and O–H groups in total. The van der Waals surface area contributed by atoms with Crippen LogP contribution in [0.1, 0.15) is 45.1 Å². The monoisotopic (exact) mass is 482 g/mol. The number of β-amino-alcohol motifs (C(OH)–C–C–N with tert-alkyl or cyclic N) is 1. The zero-order valence-corrected chi connectivity index (χ0v) is 20.7. The van der Waals surface area contributed by atoms with Gasteiger partial charge in [0.2, 0.25) is 17.7 Å². The van der Waals surface area contributed by atoms with Gasteiger partial charge in [-0.3, -0.25) is 14.4 Å². The Labute approximate surface area is 207 Å². The van der Waals surface area contributed by atoms with Crippen molar-refractivity contribution >= 4 is 28.5 Å². The maximum absolute atomic E-state index is 13.3. The van der Waals surface area contributed by atoms with E-state index in [0.717, 1.165) is 16.3 Å². The van der Waals surface area contributed by atoms with E-state index in [1.165, 1.54) is 4.90 Å². The number of rotatable bonds is 11. The molecule has 190 valence electrons. The van der Waals surface area contributed by atoms with Crippen LogP contribution in [0.5, 0.6) is 0 Å². The Hall–Kier alpha value is -2.97. The summed E-state index contributed by atoms with van der Waals surface area (Å²) in [6.45, 7) is 4.89. The van der Waals surface area contributed by atoms with Gasteiger partial charge in [0.05, 0.1) is 6.10 Å². The van der Waals surface area contributed by atoms with E-state index < -0.39 is 24.1 Å². The number of nitrogens with two attached hydrogens (primary N) is 1. The van der Waals surface area contributed by atoms with E-state index in [0.29, 0.717) is 38.8 Å². The number of nitrogens with zero attached hydrogens (tertiary/aromatic N) is 1. The molecule has 1 heterocycles. The first-order valence-electron chi connectivity index (χ1n) is 12.6. The molecule has 1 aliphatic heterocycles. The third-order valence-corrected chi connectivity index (χ3v) is 6.77. The maximum atomic E-state index is 13.3. The fourth-order valence-electron chi connectivity index (χ4n) is 4.69. The predicted octanol–water partition coefficient (Wildman–Crippen LogP) is 1.73. The van der Waals surface area contributed by atoms with Crippen LogP contribution in [0, 0.1) is 5.92 Å². The van der Waals surface area contributed by atoms with Crippen LogP contribution in [0.3, 0.4) is 0 Å². The number of hydrogen-bond acceptors (Lipinski definition) is 5. The summed E-state index contributed by atoms with van der Waals surface area (Å²) in [6, 6.07) is 12.3. The van der Waals surface area contributed by atoms with Crippen molar-refractivity contribution in [3.05, 3.63) is 48.0 Å². The molecule has 1 saturated heterocycles. The van der Waals surface area contributed by atoms with Crippen molar-refractivity contribution in [3.63, 3.8) is 0 Å². The molecule has 0 aromatic heterocycles. The highest BCUT2D eigenvalue weighted by atomic mass is 16.3. The first-order chi connectivity index (χ1) is 16.9. The van der Waals surface area contributed by atoms with Crippen LogP contribution in [0.25, 0.3) is 10.8 Å². The Bertz CT molecular complexity index is 1020. The van der Waals surface area contributed by atoms with Gasteiger partial charge in [0.25, 0.3) is 0 Å². The van der Waals surface area contributed by atoms with Crippen LogP contribution < -0.4 is 16.4 Å². The van der Waals surface area contributed by atoms with Gasteiger partial charge in [-0.25, -0.2) is 0 Å². The average molecular weight is 483 g/mol. The van der Waals surface area contributed by atoms with E-state index in [1.807, 2.05) is 56.3 Å². The number of benzene rings is 2. The summed E-state index contributed by atoms with van der Waals surface area (Å²) in [4.78, 5) is 40.9. The summed E-state index contributed by atoms with van der Waals surface area (Å²) in [5.74, 6) is -1.02. The van der Waals surface area contributed by atoms with Gasteiger partial charge in [-0.2, -0.15) is 0 Å². The first kappa shape index (κ1) is 26.6. The minimum absolute atomic E-state index is 0.120. The zero-order chi connectivity index (χ0) is 25.4. The SMILES string of the molecule is CCC(CC)C(=O)N1C[C@H](O)CC1C(=O)N[C@H](Cc1ccc2ccccc2c1)C(=O)NCCCN. The number of amides is 3. The summed E-state index contributed by atoms with van der Waals surface area (Å²) < 4.78 is 0. The quantitative estimate of drug-likeness (QED) is 0.363. The van der Waals surface area contributed by atoms with Gasteiger partial charge < -0.3 is 26.4 Å². The van der Waals surface area contributed by atoms with Crippen molar-refractivity contribution in [1.29, 1.82) is 0 Å². The van der Waals surface area contributed by atoms with E-state index in [9.17, 15) is 19.5 Å². The average Bonchev–Trinajstić information content (AvgIpc) is 3.26. The lowest BCUT2D eigenvalue weighted by atomic mass is 10.00. The lowest BCUT2D eigenvalue weighted by Gasteiger charge is -2.28. The van der Waals surface area contributed by atoms with E-state index in [-0.39, 0.29) is 30.7 Å². The fraction of sp³-hybridized carbons (Fsp3) is 0.519. The van der Waals surface area contributed by atoms with Crippen LogP contribution in [-0.4, -0.2) is 65.5 Å². The second-order valence-corrected chi connectivity index (χ2v) is 9.29. The third-order valence-electron chi connectivity index (χ3n) is 6.77. The molecule has 3 rings (SSSR count). The van der Waals surface area contributed by atoms with Gasteiger partial charge in [0, 0.05) is 31.8 Å². The van der Waals surface area contributed by atoms with Crippen molar-refractivity contribution in [2.45, 2.75) is 64.1 Å². The van der Waals surface area contributed by atoms with Crippen molar-refractivity contribution in [3.8, 4) is 0 Å². The highest BCUT2D eigenvalue weighted by Crippen LogP contribution is 2.24. The van der Waals surface area contributed by atoms with Crippen LogP contribution in [0.2, 0.25) is 0 Å². The van der Waals surface area contributed by atoms with Gasteiger partial charge in [-0.1, -0.05) is 56.3 Å². The first-order valence-corrected chi connectivity index (χ1v) is 12.6. The highest BCUT2D eigenvalue weighted by molar-refractivity contribution is 5.93. The van der Waals surface area contributed by atoms with E-state index in [1.54, 1.807) is 0 Å². The summed E-state index contributed by atoms with van der Waals surface area (Å²) in [7, 11) is 0. The summed E-state index contributed by atoms with van der Waals surface area (Å²) in [5, 5.41) is 18.1. The molecule has 1 aliphatic rings. The van der Waals surface area contributed by atoms with Crippen molar-refractivity contribution < 1.29 is 19.5 Å². The van der Waals surface area contributed by atoms with Crippen LogP contribution in [0.15, 0.2) is 42.5 Å². The smallest absolute Gasteiger partial charge is 0.243 e. The topological polar surface area (TPSA) is 125 Å².